The van der Waals surface area contributed by atoms with Gasteiger partial charge >= 0.3 is 0 Å². The third-order valence-corrected chi connectivity index (χ3v) is 7.66. The lowest BCUT2D eigenvalue weighted by molar-refractivity contribution is -0.0522. The Labute approximate surface area is 191 Å². The minimum atomic E-state index is -0.160. The summed E-state index contributed by atoms with van der Waals surface area (Å²) in [4.78, 5) is 17.1. The maximum absolute atomic E-state index is 12.8. The van der Waals surface area contributed by atoms with Crippen LogP contribution in [-0.4, -0.2) is 60.0 Å². The molecule has 0 radical (unpaired) electrons. The lowest BCUT2D eigenvalue weighted by atomic mass is 9.81. The molecule has 2 saturated heterocycles. The number of carbonyl (C=O) groups excluding carboxylic acids is 1. The van der Waals surface area contributed by atoms with Crippen molar-refractivity contribution in [3.8, 4) is 6.07 Å². The second-order valence-electron chi connectivity index (χ2n) is 9.78. The Hall–Kier alpha value is -2.68. The van der Waals surface area contributed by atoms with Crippen molar-refractivity contribution < 1.29 is 4.79 Å². The molecule has 5 heteroatoms. The zero-order chi connectivity index (χ0) is 22.0. The minimum absolute atomic E-state index is 0.0793. The molecule has 0 aromatic heterocycles. The highest BCUT2D eigenvalue weighted by Gasteiger charge is 2.50. The summed E-state index contributed by atoms with van der Waals surface area (Å²) in [6.45, 7) is 4.46. The molecule has 0 bridgehead atoms. The van der Waals surface area contributed by atoms with Gasteiger partial charge in [0.1, 0.15) is 0 Å². The molecule has 2 aliphatic heterocycles. The summed E-state index contributed by atoms with van der Waals surface area (Å²) >= 11 is 0. The summed E-state index contributed by atoms with van der Waals surface area (Å²) in [6.07, 6.45) is 4.07. The molecule has 1 N–H and O–H groups in total. The van der Waals surface area contributed by atoms with Crippen molar-refractivity contribution in [2.75, 3.05) is 32.7 Å². The van der Waals surface area contributed by atoms with Gasteiger partial charge in [0.05, 0.1) is 18.0 Å². The first-order valence-corrected chi connectivity index (χ1v) is 11.9. The molecule has 2 heterocycles. The van der Waals surface area contributed by atoms with Gasteiger partial charge in [0, 0.05) is 30.6 Å². The molecular formula is C27H32N4O. The van der Waals surface area contributed by atoms with Crippen LogP contribution in [0.2, 0.25) is 0 Å². The number of rotatable bonds is 7. The summed E-state index contributed by atoms with van der Waals surface area (Å²) in [5.74, 6) is 1.46. The molecule has 3 fully saturated rings. The van der Waals surface area contributed by atoms with Gasteiger partial charge in [-0.1, -0.05) is 48.5 Å². The number of nitrogens with one attached hydrogen (secondary N) is 1. The number of benzene rings is 2. The second-order valence-corrected chi connectivity index (χ2v) is 9.78. The summed E-state index contributed by atoms with van der Waals surface area (Å²) in [5, 5.41) is 13.3. The van der Waals surface area contributed by atoms with Crippen LogP contribution in [0, 0.1) is 17.2 Å². The highest BCUT2D eigenvalue weighted by atomic mass is 16.2. The molecule has 1 saturated carbocycles. The van der Waals surface area contributed by atoms with Crippen molar-refractivity contribution in [2.45, 2.75) is 43.2 Å². The van der Waals surface area contributed by atoms with E-state index in [9.17, 15) is 10.1 Å². The average Bonchev–Trinajstić information content (AvgIpc) is 3.61. The van der Waals surface area contributed by atoms with E-state index in [1.54, 1.807) is 0 Å². The van der Waals surface area contributed by atoms with E-state index in [0.29, 0.717) is 37.4 Å². The van der Waals surface area contributed by atoms with Crippen molar-refractivity contribution in [2.24, 2.45) is 5.92 Å². The molecule has 2 aromatic carbocycles. The summed E-state index contributed by atoms with van der Waals surface area (Å²) < 4.78 is 0. The topological polar surface area (TPSA) is 59.4 Å². The first kappa shape index (κ1) is 21.2. The number of hydrogen-bond acceptors (Lipinski definition) is 4. The molecule has 1 aliphatic carbocycles. The third kappa shape index (κ3) is 4.30. The molecular weight excluding hydrogens is 396 g/mol. The predicted octanol–water partition coefficient (Wildman–Crippen LogP) is 3.65. The van der Waals surface area contributed by atoms with E-state index in [4.69, 9.17) is 0 Å². The Morgan fingerprint density at radius 3 is 2.34 bits per heavy atom. The van der Waals surface area contributed by atoms with E-state index in [0.717, 1.165) is 38.0 Å². The zero-order valence-corrected chi connectivity index (χ0v) is 18.6. The van der Waals surface area contributed by atoms with Crippen molar-refractivity contribution in [1.82, 2.24) is 15.1 Å². The first-order valence-electron chi connectivity index (χ1n) is 11.9. The van der Waals surface area contributed by atoms with E-state index in [1.807, 2.05) is 35.2 Å². The highest BCUT2D eigenvalue weighted by Crippen LogP contribution is 2.41. The Morgan fingerprint density at radius 1 is 1.03 bits per heavy atom. The standard InChI is InChI=1S/C27H32N4O/c28-14-13-27(19-30(20-27)26(32)23-9-5-2-6-10-23)31-15-11-21(12-16-31)18-29-25-17-24(25)22-7-3-1-4-8-22/h1-10,21,24-25,29H,11-13,15-20H2/t24-,25+/m0/s1. The van der Waals surface area contributed by atoms with E-state index < -0.39 is 0 Å². The van der Waals surface area contributed by atoms with Crippen LogP contribution in [0.25, 0.3) is 0 Å². The zero-order valence-electron chi connectivity index (χ0n) is 18.6. The quantitative estimate of drug-likeness (QED) is 0.731. The summed E-state index contributed by atoms with van der Waals surface area (Å²) in [6, 6.07) is 23.3. The monoisotopic (exact) mass is 428 g/mol. The van der Waals surface area contributed by atoms with Crippen molar-refractivity contribution in [3.63, 3.8) is 0 Å². The van der Waals surface area contributed by atoms with Crippen LogP contribution >= 0.6 is 0 Å². The molecule has 2 atom stereocenters. The molecule has 166 valence electrons. The summed E-state index contributed by atoms with van der Waals surface area (Å²) in [7, 11) is 0. The van der Waals surface area contributed by atoms with Crippen LogP contribution in [0.4, 0.5) is 0 Å². The van der Waals surface area contributed by atoms with Crippen LogP contribution in [0.15, 0.2) is 60.7 Å². The number of nitrogens with zero attached hydrogens (tertiary/aromatic N) is 3. The van der Waals surface area contributed by atoms with E-state index in [2.05, 4.69) is 46.6 Å². The molecule has 5 rings (SSSR count). The smallest absolute Gasteiger partial charge is 0.253 e. The fourth-order valence-electron chi connectivity index (χ4n) is 5.56. The largest absolute Gasteiger partial charge is 0.335 e. The third-order valence-electron chi connectivity index (χ3n) is 7.66. The molecule has 0 unspecified atom stereocenters. The van der Waals surface area contributed by atoms with Crippen molar-refractivity contribution >= 4 is 5.91 Å². The molecule has 2 aromatic rings. The Morgan fingerprint density at radius 2 is 1.69 bits per heavy atom. The van der Waals surface area contributed by atoms with Crippen LogP contribution in [-0.2, 0) is 0 Å². The van der Waals surface area contributed by atoms with Gasteiger partial charge in [-0.05, 0) is 62.5 Å². The number of hydrogen-bond donors (Lipinski definition) is 1. The van der Waals surface area contributed by atoms with Gasteiger partial charge in [0.2, 0.25) is 0 Å². The lowest BCUT2D eigenvalue weighted by Crippen LogP contribution is -2.72. The van der Waals surface area contributed by atoms with Gasteiger partial charge in [-0.15, -0.1) is 0 Å². The predicted molar refractivity (Wildman–Crippen MR) is 125 cm³/mol. The second kappa shape index (κ2) is 9.05. The number of carbonyl (C=O) groups is 1. The van der Waals surface area contributed by atoms with Crippen LogP contribution in [0.5, 0.6) is 0 Å². The van der Waals surface area contributed by atoms with Gasteiger partial charge in [0.15, 0.2) is 0 Å². The van der Waals surface area contributed by atoms with Gasteiger partial charge in [-0.2, -0.15) is 5.26 Å². The Balaban J connectivity index is 1.09. The number of piperidine rings is 1. The van der Waals surface area contributed by atoms with E-state index in [1.165, 1.54) is 12.0 Å². The Kier molecular flexibility index (Phi) is 5.99. The molecule has 3 aliphatic rings. The van der Waals surface area contributed by atoms with Crippen molar-refractivity contribution in [3.05, 3.63) is 71.8 Å². The summed E-state index contributed by atoms with van der Waals surface area (Å²) in [5.41, 5.74) is 2.03. The van der Waals surface area contributed by atoms with E-state index in [-0.39, 0.29) is 11.4 Å². The lowest BCUT2D eigenvalue weighted by Gasteiger charge is -2.56. The normalized spacial score (nSPS) is 25.0. The van der Waals surface area contributed by atoms with Crippen LogP contribution in [0.3, 0.4) is 0 Å². The number of likely N-dealkylation sites (tertiary alicyclic amines) is 2. The maximum atomic E-state index is 12.8. The molecule has 1 amide bonds. The first-order chi connectivity index (χ1) is 15.7. The van der Waals surface area contributed by atoms with Crippen LogP contribution < -0.4 is 5.32 Å². The molecule has 5 nitrogen and oxygen atoms in total. The highest BCUT2D eigenvalue weighted by molar-refractivity contribution is 5.95. The SMILES string of the molecule is N#CCC1(N2CCC(CN[C@@H]3C[C@H]3c3ccccc3)CC2)CN(C(=O)c2ccccc2)C1. The van der Waals surface area contributed by atoms with Gasteiger partial charge in [0.25, 0.3) is 5.91 Å². The Bertz CT molecular complexity index is 956. The maximum Gasteiger partial charge on any atom is 0.253 e. The van der Waals surface area contributed by atoms with Gasteiger partial charge in [-0.25, -0.2) is 0 Å². The van der Waals surface area contributed by atoms with E-state index >= 15 is 0 Å². The van der Waals surface area contributed by atoms with Crippen LogP contribution in [0.1, 0.15) is 47.5 Å². The average molecular weight is 429 g/mol. The van der Waals surface area contributed by atoms with Gasteiger partial charge < -0.3 is 10.2 Å². The minimum Gasteiger partial charge on any atom is -0.335 e. The fraction of sp³-hybridized carbons (Fsp3) is 0.481. The number of nitriles is 1. The van der Waals surface area contributed by atoms with Crippen molar-refractivity contribution in [1.29, 1.82) is 5.26 Å². The molecule has 0 spiro atoms. The fourth-order valence-corrected chi connectivity index (χ4v) is 5.56. The number of amides is 1. The van der Waals surface area contributed by atoms with Gasteiger partial charge in [-0.3, -0.25) is 9.69 Å². The molecule has 32 heavy (non-hydrogen) atoms.